The Morgan fingerprint density at radius 3 is 2.73 bits per heavy atom. The van der Waals surface area contributed by atoms with Crippen LogP contribution in [-0.2, 0) is 6.18 Å². The third kappa shape index (κ3) is 4.88. The van der Waals surface area contributed by atoms with Crippen molar-refractivity contribution in [2.75, 3.05) is 38.5 Å². The summed E-state index contributed by atoms with van der Waals surface area (Å²) in [6.45, 7) is 3.95. The summed E-state index contributed by atoms with van der Waals surface area (Å²) in [5.74, 6) is -2.35. The van der Waals surface area contributed by atoms with Gasteiger partial charge in [-0.15, -0.1) is 0 Å². The van der Waals surface area contributed by atoms with E-state index in [0.717, 1.165) is 42.5 Å². The fourth-order valence-electron chi connectivity index (χ4n) is 6.75. The summed E-state index contributed by atoms with van der Waals surface area (Å²) >= 11 is 0.745. The zero-order valence-corrected chi connectivity index (χ0v) is 24.3. The number of halogens is 6. The van der Waals surface area contributed by atoms with Crippen LogP contribution in [0.25, 0.3) is 32.2 Å². The number of nitrogens with two attached hydrogens (primary N) is 1. The van der Waals surface area contributed by atoms with E-state index in [0.29, 0.717) is 19.5 Å². The van der Waals surface area contributed by atoms with Gasteiger partial charge in [-0.05, 0) is 37.6 Å². The number of aromatic nitrogens is 3. The van der Waals surface area contributed by atoms with Gasteiger partial charge in [0, 0.05) is 43.1 Å². The van der Waals surface area contributed by atoms with E-state index >= 15 is 4.39 Å². The lowest BCUT2D eigenvalue weighted by Crippen LogP contribution is -2.43. The first-order valence-electron chi connectivity index (χ1n) is 14.3. The molecule has 5 heterocycles. The Morgan fingerprint density at radius 2 is 1.98 bits per heavy atom. The molecule has 4 atom stereocenters. The molecule has 4 aromatic rings. The van der Waals surface area contributed by atoms with Crippen molar-refractivity contribution in [1.29, 1.82) is 0 Å². The summed E-state index contributed by atoms with van der Waals surface area (Å²) in [6, 6.07) is 2.43. The Hall–Kier alpha value is -3.43. The number of hydrogen-bond acceptors (Lipinski definition) is 9. The maximum Gasteiger partial charge on any atom is 0.417 e. The molecule has 4 unspecified atom stereocenters. The molecule has 2 aromatic carbocycles. The first-order chi connectivity index (χ1) is 20.9. The second-order valence-corrected chi connectivity index (χ2v) is 12.8. The zero-order chi connectivity index (χ0) is 31.0. The SMILES string of the molecule is CC1CNCC1Oc1nc(OCC23CCCN2CC(F)C3)nc2c(F)c(-c3ccc(F)c4sc(N)nc34)c(C(F)(F)F)cc12. The van der Waals surface area contributed by atoms with Crippen molar-refractivity contribution in [1.82, 2.24) is 25.2 Å². The van der Waals surface area contributed by atoms with Crippen molar-refractivity contribution < 1.29 is 35.8 Å². The summed E-state index contributed by atoms with van der Waals surface area (Å²) < 4.78 is 101. The molecule has 2 aromatic heterocycles. The van der Waals surface area contributed by atoms with Crippen LogP contribution in [0, 0.1) is 17.6 Å². The van der Waals surface area contributed by atoms with Crippen LogP contribution >= 0.6 is 11.3 Å². The molecule has 7 rings (SSSR count). The number of ether oxygens (including phenoxy) is 2. The Kier molecular flexibility index (Phi) is 7.05. The molecule has 0 bridgehead atoms. The van der Waals surface area contributed by atoms with Crippen LogP contribution in [0.3, 0.4) is 0 Å². The summed E-state index contributed by atoms with van der Waals surface area (Å²) in [6.07, 6.45) is -4.68. The van der Waals surface area contributed by atoms with Crippen molar-refractivity contribution in [2.45, 2.75) is 50.2 Å². The molecule has 3 fully saturated rings. The van der Waals surface area contributed by atoms with Gasteiger partial charge < -0.3 is 20.5 Å². The fraction of sp³-hybridized carbons (Fsp3) is 0.483. The number of nitrogens with one attached hydrogen (secondary N) is 1. The van der Waals surface area contributed by atoms with Crippen LogP contribution < -0.4 is 20.5 Å². The molecule has 0 spiro atoms. The van der Waals surface area contributed by atoms with E-state index in [1.165, 1.54) is 0 Å². The highest BCUT2D eigenvalue weighted by Gasteiger charge is 2.49. The van der Waals surface area contributed by atoms with Gasteiger partial charge in [0.2, 0.25) is 5.88 Å². The van der Waals surface area contributed by atoms with Gasteiger partial charge in [0.1, 0.15) is 30.2 Å². The number of alkyl halides is 4. The molecule has 0 saturated carbocycles. The maximum absolute atomic E-state index is 16.6. The van der Waals surface area contributed by atoms with Crippen molar-refractivity contribution >= 4 is 37.6 Å². The van der Waals surface area contributed by atoms with Gasteiger partial charge in [0.25, 0.3) is 0 Å². The second-order valence-electron chi connectivity index (χ2n) is 11.8. The lowest BCUT2D eigenvalue weighted by molar-refractivity contribution is -0.137. The van der Waals surface area contributed by atoms with Crippen molar-refractivity contribution in [3.63, 3.8) is 0 Å². The summed E-state index contributed by atoms with van der Waals surface area (Å²) in [5.41, 5.74) is 2.03. The molecule has 0 radical (unpaired) electrons. The highest BCUT2D eigenvalue weighted by Crippen LogP contribution is 2.46. The van der Waals surface area contributed by atoms with E-state index in [1.54, 1.807) is 0 Å². The predicted molar refractivity (Wildman–Crippen MR) is 152 cm³/mol. The lowest BCUT2D eigenvalue weighted by Gasteiger charge is -2.30. The van der Waals surface area contributed by atoms with Gasteiger partial charge in [0.05, 0.1) is 26.7 Å². The minimum atomic E-state index is -5.03. The third-order valence-electron chi connectivity index (χ3n) is 8.90. The smallest absolute Gasteiger partial charge is 0.417 e. The lowest BCUT2D eigenvalue weighted by atomic mass is 9.95. The van der Waals surface area contributed by atoms with Crippen molar-refractivity contribution in [3.8, 4) is 23.0 Å². The highest BCUT2D eigenvalue weighted by molar-refractivity contribution is 7.22. The van der Waals surface area contributed by atoms with E-state index in [4.69, 9.17) is 15.2 Å². The molecular weight excluding hydrogens is 610 g/mol. The Balaban J connectivity index is 1.41. The zero-order valence-electron chi connectivity index (χ0n) is 23.5. The van der Waals surface area contributed by atoms with Gasteiger partial charge in [-0.2, -0.15) is 23.1 Å². The van der Waals surface area contributed by atoms with Crippen LogP contribution in [0.4, 0.5) is 31.5 Å². The van der Waals surface area contributed by atoms with Crippen LogP contribution in [-0.4, -0.2) is 70.5 Å². The largest absolute Gasteiger partial charge is 0.472 e. The Labute approximate surface area is 251 Å². The molecule has 8 nitrogen and oxygen atoms in total. The van der Waals surface area contributed by atoms with Crippen LogP contribution in [0.1, 0.15) is 31.7 Å². The molecule has 3 aliphatic rings. The van der Waals surface area contributed by atoms with Crippen molar-refractivity contribution in [3.05, 3.63) is 35.4 Å². The minimum absolute atomic E-state index is 0.0101. The van der Waals surface area contributed by atoms with Crippen LogP contribution in [0.5, 0.6) is 11.9 Å². The van der Waals surface area contributed by atoms with Gasteiger partial charge in [-0.25, -0.2) is 18.2 Å². The molecule has 0 amide bonds. The monoisotopic (exact) mass is 638 g/mol. The molecule has 44 heavy (non-hydrogen) atoms. The summed E-state index contributed by atoms with van der Waals surface area (Å²) in [4.78, 5) is 14.6. The Morgan fingerprint density at radius 1 is 1.16 bits per heavy atom. The predicted octanol–water partition coefficient (Wildman–Crippen LogP) is 5.73. The van der Waals surface area contributed by atoms with E-state index in [1.807, 2.05) is 11.8 Å². The fourth-order valence-corrected chi connectivity index (χ4v) is 7.51. The highest BCUT2D eigenvalue weighted by atomic mass is 32.1. The number of nitrogen functional groups attached to an aromatic ring is 1. The number of thiazole rings is 1. The Bertz CT molecular complexity index is 1770. The molecule has 3 saturated heterocycles. The molecule has 234 valence electrons. The van der Waals surface area contributed by atoms with E-state index < -0.39 is 52.3 Å². The normalized spacial score (nSPS) is 25.8. The van der Waals surface area contributed by atoms with Crippen LogP contribution in [0.2, 0.25) is 0 Å². The number of benzene rings is 2. The van der Waals surface area contributed by atoms with Gasteiger partial charge >= 0.3 is 12.2 Å². The molecule has 3 N–H and O–H groups in total. The second kappa shape index (κ2) is 10.6. The van der Waals surface area contributed by atoms with E-state index in [9.17, 15) is 22.0 Å². The summed E-state index contributed by atoms with van der Waals surface area (Å²) in [5, 5.41) is 2.77. The molecular formula is C29H28F6N6O2S. The van der Waals surface area contributed by atoms with Crippen molar-refractivity contribution in [2.24, 2.45) is 5.92 Å². The third-order valence-corrected chi connectivity index (χ3v) is 9.80. The number of fused-ring (bicyclic) bond motifs is 3. The first-order valence-corrected chi connectivity index (χ1v) is 15.1. The maximum atomic E-state index is 16.6. The number of nitrogens with zero attached hydrogens (tertiary/aromatic N) is 4. The minimum Gasteiger partial charge on any atom is -0.472 e. The van der Waals surface area contributed by atoms with E-state index in [2.05, 4.69) is 20.3 Å². The van der Waals surface area contributed by atoms with Gasteiger partial charge in [-0.3, -0.25) is 4.90 Å². The average molecular weight is 639 g/mol. The standard InChI is InChI=1S/C29H28F6N6O2S/c1-13-9-37-10-19(13)43-25-16-7-17(29(33,34)35)20(15-3-4-18(31)24-23(15)38-26(36)44-24)21(32)22(16)39-27(40-25)42-12-28-5-2-6-41(28)11-14(30)8-28/h3-4,7,13-14,19,37H,2,5-6,8-12H2,1H3,(H2,36,38). The number of hydrogen-bond donors (Lipinski definition) is 2. The number of rotatable bonds is 6. The number of anilines is 1. The van der Waals surface area contributed by atoms with Gasteiger partial charge in [0.15, 0.2) is 10.9 Å². The molecule has 0 aliphatic carbocycles. The summed E-state index contributed by atoms with van der Waals surface area (Å²) in [7, 11) is 0. The average Bonchev–Trinajstić information content (AvgIpc) is 3.72. The topological polar surface area (TPSA) is 98.4 Å². The first kappa shape index (κ1) is 29.3. The van der Waals surface area contributed by atoms with E-state index in [-0.39, 0.29) is 63.7 Å². The molecule has 3 aliphatic heterocycles. The quantitative estimate of drug-likeness (QED) is 0.259. The molecule has 15 heteroatoms. The van der Waals surface area contributed by atoms with Gasteiger partial charge in [-0.1, -0.05) is 18.3 Å². The van der Waals surface area contributed by atoms with Crippen LogP contribution in [0.15, 0.2) is 18.2 Å².